The number of carbonyl (C=O) groups excluding carboxylic acids is 2. The fraction of sp³-hybridized carbons (Fsp3) is 0.867. The summed E-state index contributed by atoms with van der Waals surface area (Å²) < 4.78 is 10.5. The standard InChI is InChI=1S/C15H28O4/c1-7-11(3)18-13(16)9-15(5,6)10-14(17)19-12(4)8-2/h11-12H,7-10H2,1-6H3. The third-order valence-electron chi connectivity index (χ3n) is 3.06. The van der Waals surface area contributed by atoms with Crippen molar-refractivity contribution in [2.75, 3.05) is 0 Å². The van der Waals surface area contributed by atoms with Crippen LogP contribution < -0.4 is 0 Å². The Morgan fingerprint density at radius 3 is 1.47 bits per heavy atom. The molecule has 2 unspecified atom stereocenters. The van der Waals surface area contributed by atoms with Gasteiger partial charge in [0.15, 0.2) is 0 Å². The van der Waals surface area contributed by atoms with Gasteiger partial charge in [0.2, 0.25) is 0 Å². The van der Waals surface area contributed by atoms with E-state index >= 15 is 0 Å². The van der Waals surface area contributed by atoms with Crippen molar-refractivity contribution in [3.05, 3.63) is 0 Å². The molecule has 0 amide bonds. The van der Waals surface area contributed by atoms with Crippen molar-refractivity contribution in [2.24, 2.45) is 5.41 Å². The van der Waals surface area contributed by atoms with Crippen molar-refractivity contribution < 1.29 is 19.1 Å². The van der Waals surface area contributed by atoms with Gasteiger partial charge >= 0.3 is 11.9 Å². The summed E-state index contributed by atoms with van der Waals surface area (Å²) in [5.74, 6) is -0.508. The van der Waals surface area contributed by atoms with E-state index in [0.717, 1.165) is 12.8 Å². The Kier molecular flexibility index (Phi) is 7.72. The van der Waals surface area contributed by atoms with Crippen molar-refractivity contribution in [1.29, 1.82) is 0 Å². The van der Waals surface area contributed by atoms with E-state index in [2.05, 4.69) is 0 Å². The molecular formula is C15H28O4. The van der Waals surface area contributed by atoms with Gasteiger partial charge in [-0.3, -0.25) is 9.59 Å². The minimum Gasteiger partial charge on any atom is -0.463 e. The lowest BCUT2D eigenvalue weighted by molar-refractivity contribution is -0.154. The summed E-state index contributed by atoms with van der Waals surface area (Å²) in [7, 11) is 0. The van der Waals surface area contributed by atoms with Gasteiger partial charge in [-0.1, -0.05) is 27.7 Å². The lowest BCUT2D eigenvalue weighted by Crippen LogP contribution is -2.26. The Balaban J connectivity index is 4.23. The summed E-state index contributed by atoms with van der Waals surface area (Å²) in [4.78, 5) is 23.4. The summed E-state index contributed by atoms with van der Waals surface area (Å²) in [6.07, 6.45) is 1.90. The van der Waals surface area contributed by atoms with Gasteiger partial charge in [-0.15, -0.1) is 0 Å². The van der Waals surface area contributed by atoms with Crippen LogP contribution in [0, 0.1) is 5.41 Å². The fourth-order valence-corrected chi connectivity index (χ4v) is 1.54. The quantitative estimate of drug-likeness (QED) is 0.635. The van der Waals surface area contributed by atoms with Gasteiger partial charge in [0.1, 0.15) is 0 Å². The number of carbonyl (C=O) groups is 2. The SMILES string of the molecule is CCC(C)OC(=O)CC(C)(C)CC(=O)OC(C)CC. The molecule has 0 aliphatic carbocycles. The molecule has 0 aromatic carbocycles. The highest BCUT2D eigenvalue weighted by atomic mass is 16.5. The van der Waals surface area contributed by atoms with Gasteiger partial charge in [-0.25, -0.2) is 0 Å². The number of ether oxygens (including phenoxy) is 2. The Labute approximate surface area is 116 Å². The Morgan fingerprint density at radius 1 is 0.895 bits per heavy atom. The predicted octanol–water partition coefficient (Wildman–Crippen LogP) is 3.48. The molecule has 0 radical (unpaired) electrons. The summed E-state index contributed by atoms with van der Waals surface area (Å²) in [5.41, 5.74) is -0.435. The molecule has 112 valence electrons. The van der Waals surface area contributed by atoms with E-state index in [-0.39, 0.29) is 37.0 Å². The topological polar surface area (TPSA) is 52.6 Å². The largest absolute Gasteiger partial charge is 0.463 e. The second-order valence-corrected chi connectivity index (χ2v) is 5.94. The zero-order valence-electron chi connectivity index (χ0n) is 13.1. The maximum Gasteiger partial charge on any atom is 0.306 e. The van der Waals surface area contributed by atoms with Crippen LogP contribution in [0.3, 0.4) is 0 Å². The van der Waals surface area contributed by atoms with E-state index < -0.39 is 5.41 Å². The van der Waals surface area contributed by atoms with Crippen LogP contribution in [-0.4, -0.2) is 24.1 Å². The maximum atomic E-state index is 11.7. The molecule has 19 heavy (non-hydrogen) atoms. The van der Waals surface area contributed by atoms with Crippen LogP contribution in [0.5, 0.6) is 0 Å². The van der Waals surface area contributed by atoms with Crippen molar-refractivity contribution in [3.8, 4) is 0 Å². The molecule has 0 saturated carbocycles. The highest BCUT2D eigenvalue weighted by Crippen LogP contribution is 2.26. The molecule has 0 saturated heterocycles. The lowest BCUT2D eigenvalue weighted by atomic mass is 9.86. The van der Waals surface area contributed by atoms with Crippen LogP contribution >= 0.6 is 0 Å². The predicted molar refractivity (Wildman–Crippen MR) is 74.7 cm³/mol. The zero-order chi connectivity index (χ0) is 15.1. The zero-order valence-corrected chi connectivity index (χ0v) is 13.1. The first-order valence-electron chi connectivity index (χ1n) is 7.09. The molecule has 0 aliphatic heterocycles. The summed E-state index contributed by atoms with van der Waals surface area (Å²) in [6, 6.07) is 0. The first-order valence-corrected chi connectivity index (χ1v) is 7.09. The summed E-state index contributed by atoms with van der Waals surface area (Å²) in [6.45, 7) is 11.4. The number of hydrogen-bond acceptors (Lipinski definition) is 4. The van der Waals surface area contributed by atoms with Gasteiger partial charge < -0.3 is 9.47 Å². The average molecular weight is 272 g/mol. The van der Waals surface area contributed by atoms with Crippen LogP contribution in [0.25, 0.3) is 0 Å². The van der Waals surface area contributed by atoms with Crippen LogP contribution in [0.1, 0.15) is 67.2 Å². The molecule has 0 N–H and O–H groups in total. The third-order valence-corrected chi connectivity index (χ3v) is 3.06. The van der Waals surface area contributed by atoms with E-state index in [0.29, 0.717) is 0 Å². The van der Waals surface area contributed by atoms with Crippen LogP contribution in [0.15, 0.2) is 0 Å². The minimum absolute atomic E-state index is 0.0737. The summed E-state index contributed by atoms with van der Waals surface area (Å²) in [5, 5.41) is 0. The first kappa shape index (κ1) is 17.9. The van der Waals surface area contributed by atoms with Gasteiger partial charge in [0.25, 0.3) is 0 Å². The Morgan fingerprint density at radius 2 is 1.21 bits per heavy atom. The fourth-order valence-electron chi connectivity index (χ4n) is 1.54. The molecule has 0 fully saturated rings. The van der Waals surface area contributed by atoms with Gasteiger partial charge in [0.05, 0.1) is 25.0 Å². The molecule has 0 bridgehead atoms. The van der Waals surface area contributed by atoms with E-state index in [1.54, 1.807) is 0 Å². The lowest BCUT2D eigenvalue weighted by Gasteiger charge is -2.24. The van der Waals surface area contributed by atoms with E-state index in [1.807, 2.05) is 41.5 Å². The molecule has 4 nitrogen and oxygen atoms in total. The summed E-state index contributed by atoms with van der Waals surface area (Å²) >= 11 is 0. The van der Waals surface area contributed by atoms with Crippen LogP contribution in [0.2, 0.25) is 0 Å². The third kappa shape index (κ3) is 8.62. The van der Waals surface area contributed by atoms with E-state index in [1.165, 1.54) is 0 Å². The van der Waals surface area contributed by atoms with Gasteiger partial charge in [-0.05, 0) is 32.1 Å². The van der Waals surface area contributed by atoms with Crippen molar-refractivity contribution in [2.45, 2.75) is 79.4 Å². The van der Waals surface area contributed by atoms with Gasteiger partial charge in [-0.2, -0.15) is 0 Å². The van der Waals surface area contributed by atoms with Crippen LogP contribution in [-0.2, 0) is 19.1 Å². The second-order valence-electron chi connectivity index (χ2n) is 5.94. The highest BCUT2D eigenvalue weighted by molar-refractivity contribution is 5.74. The Bertz CT molecular complexity index is 269. The van der Waals surface area contributed by atoms with E-state index in [4.69, 9.17) is 9.47 Å². The Hall–Kier alpha value is -1.06. The molecule has 2 atom stereocenters. The number of esters is 2. The van der Waals surface area contributed by atoms with Crippen molar-refractivity contribution >= 4 is 11.9 Å². The molecule has 0 aromatic heterocycles. The average Bonchev–Trinajstić information content (AvgIpc) is 2.26. The molecule has 0 aliphatic rings. The molecule has 0 heterocycles. The monoisotopic (exact) mass is 272 g/mol. The second kappa shape index (κ2) is 8.18. The number of rotatable bonds is 8. The molecular weight excluding hydrogens is 244 g/mol. The highest BCUT2D eigenvalue weighted by Gasteiger charge is 2.28. The number of hydrogen-bond donors (Lipinski definition) is 0. The normalized spacial score (nSPS) is 14.6. The molecule has 0 rings (SSSR count). The minimum atomic E-state index is -0.435. The van der Waals surface area contributed by atoms with Crippen molar-refractivity contribution in [3.63, 3.8) is 0 Å². The van der Waals surface area contributed by atoms with E-state index in [9.17, 15) is 9.59 Å². The maximum absolute atomic E-state index is 11.7. The van der Waals surface area contributed by atoms with Crippen LogP contribution in [0.4, 0.5) is 0 Å². The molecule has 0 spiro atoms. The molecule has 0 aromatic rings. The van der Waals surface area contributed by atoms with Gasteiger partial charge in [0, 0.05) is 0 Å². The smallest absolute Gasteiger partial charge is 0.306 e. The first-order chi connectivity index (χ1) is 8.70. The van der Waals surface area contributed by atoms with Crippen molar-refractivity contribution in [1.82, 2.24) is 0 Å². The molecule has 4 heteroatoms.